The molecule has 1 aliphatic heterocycles. The zero-order valence-electron chi connectivity index (χ0n) is 18.9. The summed E-state index contributed by atoms with van der Waals surface area (Å²) in [5.41, 5.74) is -0.233. The average Bonchev–Trinajstić information content (AvgIpc) is 2.88. The molecule has 1 aromatic carbocycles. The zero-order chi connectivity index (χ0) is 23.7. The maximum Gasteiger partial charge on any atom is 0.326 e. The summed E-state index contributed by atoms with van der Waals surface area (Å²) in [6.07, 6.45) is 2.02. The van der Waals surface area contributed by atoms with Crippen molar-refractivity contribution < 1.29 is 23.9 Å². The van der Waals surface area contributed by atoms with E-state index >= 15 is 0 Å². The monoisotopic (exact) mass is 463 g/mol. The number of carbonyl (C=O) groups excluding carboxylic acids is 4. The van der Waals surface area contributed by atoms with Crippen LogP contribution in [0.25, 0.3) is 0 Å². The van der Waals surface area contributed by atoms with Gasteiger partial charge in [-0.2, -0.15) is 0 Å². The van der Waals surface area contributed by atoms with E-state index in [2.05, 4.69) is 31.4 Å². The van der Waals surface area contributed by atoms with Gasteiger partial charge in [-0.1, -0.05) is 44.5 Å². The number of nitrogens with one attached hydrogen (secondary N) is 2. The minimum absolute atomic E-state index is 0.101. The van der Waals surface area contributed by atoms with Crippen molar-refractivity contribution in [2.75, 3.05) is 13.2 Å². The Morgan fingerprint density at radius 3 is 2.53 bits per heavy atom. The Balaban J connectivity index is 1.52. The summed E-state index contributed by atoms with van der Waals surface area (Å²) in [4.78, 5) is 50.8. The van der Waals surface area contributed by atoms with E-state index in [-0.39, 0.29) is 17.4 Å². The minimum atomic E-state index is -0.982. The van der Waals surface area contributed by atoms with Crippen LogP contribution in [0.15, 0.2) is 24.3 Å². The number of rotatable bonds is 6. The van der Waals surface area contributed by atoms with Gasteiger partial charge in [0.1, 0.15) is 12.1 Å². The highest BCUT2D eigenvalue weighted by molar-refractivity contribution is 6.30. The molecule has 2 fully saturated rings. The Morgan fingerprint density at radius 1 is 1.25 bits per heavy atom. The molecule has 2 aliphatic rings. The van der Waals surface area contributed by atoms with Crippen molar-refractivity contribution in [2.24, 2.45) is 11.3 Å². The Labute approximate surface area is 193 Å². The Bertz CT molecular complexity index is 917. The summed E-state index contributed by atoms with van der Waals surface area (Å²) >= 11 is 5.86. The molecular weight excluding hydrogens is 434 g/mol. The Hall–Kier alpha value is -2.61. The lowest BCUT2D eigenvalue weighted by atomic mass is 9.64. The van der Waals surface area contributed by atoms with Gasteiger partial charge in [0.2, 0.25) is 0 Å². The molecule has 4 amide bonds. The summed E-state index contributed by atoms with van der Waals surface area (Å²) < 4.78 is 5.01. The van der Waals surface area contributed by atoms with Crippen LogP contribution < -0.4 is 10.6 Å². The number of imide groups is 1. The first-order valence-corrected chi connectivity index (χ1v) is 11.1. The number of ether oxygens (including phenoxy) is 1. The fourth-order valence-corrected chi connectivity index (χ4v) is 5.21. The number of esters is 1. The van der Waals surface area contributed by atoms with Crippen LogP contribution in [0.3, 0.4) is 0 Å². The molecule has 0 bridgehead atoms. The molecule has 1 aromatic rings. The standard InChI is InChI=1S/C23H30ClN3O5/c1-14-9-22(3,4)13-23(10-14)20(30)27(21(31)26-23)11-19(29)32-12-18(28)25-15(2)16-5-7-17(24)8-6-16/h5-8,14-15H,9-13H2,1-4H3,(H,25,28)(H,26,31). The van der Waals surface area contributed by atoms with Gasteiger partial charge in [-0.25, -0.2) is 4.79 Å². The number of carbonyl (C=O) groups is 4. The lowest BCUT2D eigenvalue weighted by Gasteiger charge is -2.43. The first-order chi connectivity index (χ1) is 14.9. The van der Waals surface area contributed by atoms with Crippen molar-refractivity contribution in [3.8, 4) is 0 Å². The second-order valence-electron chi connectivity index (χ2n) is 9.76. The molecule has 174 valence electrons. The highest BCUT2D eigenvalue weighted by Gasteiger charge is 2.56. The second kappa shape index (κ2) is 9.10. The fourth-order valence-electron chi connectivity index (χ4n) is 5.09. The summed E-state index contributed by atoms with van der Waals surface area (Å²) in [5.74, 6) is -1.44. The van der Waals surface area contributed by atoms with E-state index in [9.17, 15) is 19.2 Å². The van der Waals surface area contributed by atoms with Crippen molar-refractivity contribution in [3.05, 3.63) is 34.9 Å². The minimum Gasteiger partial charge on any atom is -0.454 e. The van der Waals surface area contributed by atoms with Gasteiger partial charge >= 0.3 is 12.0 Å². The molecule has 8 nitrogen and oxygen atoms in total. The van der Waals surface area contributed by atoms with Gasteiger partial charge < -0.3 is 15.4 Å². The predicted octanol–water partition coefficient (Wildman–Crippen LogP) is 3.20. The molecule has 1 spiro atoms. The summed E-state index contributed by atoms with van der Waals surface area (Å²) in [6, 6.07) is 6.12. The molecule has 1 heterocycles. The molecule has 3 unspecified atom stereocenters. The van der Waals surface area contributed by atoms with Crippen molar-refractivity contribution >= 4 is 35.4 Å². The highest BCUT2D eigenvalue weighted by Crippen LogP contribution is 2.46. The quantitative estimate of drug-likeness (QED) is 0.498. The van der Waals surface area contributed by atoms with Gasteiger partial charge in [0, 0.05) is 5.02 Å². The predicted molar refractivity (Wildman–Crippen MR) is 119 cm³/mol. The van der Waals surface area contributed by atoms with Crippen LogP contribution in [-0.2, 0) is 19.1 Å². The fraction of sp³-hybridized carbons (Fsp3) is 0.565. The van der Waals surface area contributed by atoms with E-state index in [0.717, 1.165) is 16.9 Å². The molecule has 1 saturated carbocycles. The first-order valence-electron chi connectivity index (χ1n) is 10.8. The molecule has 0 aromatic heterocycles. The third-order valence-electron chi connectivity index (χ3n) is 6.02. The number of hydrogen-bond acceptors (Lipinski definition) is 5. The maximum absolute atomic E-state index is 13.1. The van der Waals surface area contributed by atoms with Gasteiger partial charge in [0.25, 0.3) is 11.8 Å². The number of amides is 4. The van der Waals surface area contributed by atoms with Crippen LogP contribution >= 0.6 is 11.6 Å². The molecular formula is C23H30ClN3O5. The van der Waals surface area contributed by atoms with Gasteiger partial charge in [-0.3, -0.25) is 19.3 Å². The van der Waals surface area contributed by atoms with E-state index in [4.69, 9.17) is 16.3 Å². The van der Waals surface area contributed by atoms with Crippen LogP contribution in [0.1, 0.15) is 58.6 Å². The topological polar surface area (TPSA) is 105 Å². The Morgan fingerprint density at radius 2 is 1.91 bits per heavy atom. The second-order valence-corrected chi connectivity index (χ2v) is 10.2. The van der Waals surface area contributed by atoms with E-state index in [1.54, 1.807) is 31.2 Å². The third-order valence-corrected chi connectivity index (χ3v) is 6.28. The number of hydrogen-bond donors (Lipinski definition) is 2. The number of halogens is 1. The smallest absolute Gasteiger partial charge is 0.326 e. The lowest BCUT2D eigenvalue weighted by molar-refractivity contribution is -0.151. The molecule has 1 aliphatic carbocycles. The number of benzene rings is 1. The van der Waals surface area contributed by atoms with E-state index in [0.29, 0.717) is 17.9 Å². The molecule has 2 N–H and O–H groups in total. The van der Waals surface area contributed by atoms with Gasteiger partial charge in [0.15, 0.2) is 6.61 Å². The van der Waals surface area contributed by atoms with Gasteiger partial charge in [-0.15, -0.1) is 0 Å². The molecule has 32 heavy (non-hydrogen) atoms. The van der Waals surface area contributed by atoms with Crippen LogP contribution in [0, 0.1) is 11.3 Å². The van der Waals surface area contributed by atoms with Crippen molar-refractivity contribution in [2.45, 2.75) is 58.5 Å². The van der Waals surface area contributed by atoms with Crippen molar-refractivity contribution in [1.29, 1.82) is 0 Å². The largest absolute Gasteiger partial charge is 0.454 e. The molecule has 1 saturated heterocycles. The first kappa shape index (κ1) is 24.0. The van der Waals surface area contributed by atoms with E-state index in [1.165, 1.54) is 0 Å². The number of urea groups is 1. The van der Waals surface area contributed by atoms with Crippen LogP contribution in [0.5, 0.6) is 0 Å². The molecule has 0 radical (unpaired) electrons. The van der Waals surface area contributed by atoms with E-state index < -0.39 is 42.5 Å². The number of nitrogens with zero attached hydrogens (tertiary/aromatic N) is 1. The van der Waals surface area contributed by atoms with E-state index in [1.807, 2.05) is 0 Å². The van der Waals surface area contributed by atoms with Crippen LogP contribution in [0.4, 0.5) is 4.79 Å². The zero-order valence-corrected chi connectivity index (χ0v) is 19.6. The molecule has 9 heteroatoms. The Kier molecular flexibility index (Phi) is 6.83. The van der Waals surface area contributed by atoms with Crippen molar-refractivity contribution in [1.82, 2.24) is 15.5 Å². The molecule has 3 rings (SSSR count). The maximum atomic E-state index is 13.1. The van der Waals surface area contributed by atoms with Gasteiger partial charge in [0.05, 0.1) is 6.04 Å². The summed E-state index contributed by atoms with van der Waals surface area (Å²) in [7, 11) is 0. The molecule has 3 atom stereocenters. The normalized spacial score (nSPS) is 25.4. The SMILES string of the molecule is CC1CC(C)(C)CC2(C1)NC(=O)N(CC(=O)OCC(=O)NC(C)c1ccc(Cl)cc1)C2=O. The third kappa shape index (κ3) is 5.41. The summed E-state index contributed by atoms with van der Waals surface area (Å²) in [5, 5.41) is 6.13. The van der Waals surface area contributed by atoms with Crippen LogP contribution in [-0.4, -0.2) is 47.4 Å². The average molecular weight is 464 g/mol. The highest BCUT2D eigenvalue weighted by atomic mass is 35.5. The van der Waals surface area contributed by atoms with Crippen LogP contribution in [0.2, 0.25) is 5.02 Å². The van der Waals surface area contributed by atoms with Gasteiger partial charge in [-0.05, 0) is 55.2 Å². The van der Waals surface area contributed by atoms with Crippen molar-refractivity contribution in [3.63, 3.8) is 0 Å². The summed E-state index contributed by atoms with van der Waals surface area (Å²) in [6.45, 7) is 6.97. The lowest BCUT2D eigenvalue weighted by Crippen LogP contribution is -2.54.